The molecule has 0 saturated carbocycles. The summed E-state index contributed by atoms with van der Waals surface area (Å²) in [4.78, 5) is 31.8. The fraction of sp³-hybridized carbons (Fsp3) is 0.0833. The first-order valence-corrected chi connectivity index (χ1v) is 11.4. The summed E-state index contributed by atoms with van der Waals surface area (Å²) in [6, 6.07) is 18.2. The van der Waals surface area contributed by atoms with E-state index in [1.54, 1.807) is 12.1 Å². The number of thioether (sulfide) groups is 1. The molecule has 1 N–H and O–H groups in total. The summed E-state index contributed by atoms with van der Waals surface area (Å²) in [6.07, 6.45) is -4.84. The highest BCUT2D eigenvalue weighted by Crippen LogP contribution is 2.30. The van der Waals surface area contributed by atoms with Gasteiger partial charge in [0.05, 0.1) is 10.6 Å². The van der Waals surface area contributed by atoms with Crippen molar-refractivity contribution in [3.05, 3.63) is 98.8 Å². The van der Waals surface area contributed by atoms with Crippen LogP contribution in [0.4, 0.5) is 18.9 Å². The maximum atomic E-state index is 13.6. The van der Waals surface area contributed by atoms with E-state index in [2.05, 4.69) is 9.72 Å². The number of para-hydroxylation sites is 1. The molecule has 182 valence electrons. The van der Waals surface area contributed by atoms with Crippen LogP contribution < -0.4 is 10.3 Å². The van der Waals surface area contributed by atoms with Crippen LogP contribution in [0.5, 0.6) is 5.75 Å². The number of nitrogens with zero attached hydrogens (tertiary/aromatic N) is 3. The van der Waals surface area contributed by atoms with E-state index in [1.807, 2.05) is 24.3 Å². The van der Waals surface area contributed by atoms with E-state index in [-0.39, 0.29) is 11.2 Å². The number of aromatic nitrogens is 3. The lowest BCUT2D eigenvalue weighted by molar-refractivity contribution is -0.384. The van der Waals surface area contributed by atoms with E-state index in [4.69, 9.17) is 4.98 Å². The van der Waals surface area contributed by atoms with Crippen molar-refractivity contribution in [3.8, 4) is 11.4 Å². The standard InChI is InChI=1S/C24H15F3N4O4S/c25-24(26,27)35-17-11-9-15(10-12-17)30-22(32)21-20(18-3-1-2-4-19(18)28-21)29-23(30)36-13-14-5-7-16(8-6-14)31(33)34/h1-12,28H,13H2. The third kappa shape index (κ3) is 4.62. The van der Waals surface area contributed by atoms with Crippen molar-refractivity contribution < 1.29 is 22.8 Å². The van der Waals surface area contributed by atoms with Crippen LogP contribution in [0.2, 0.25) is 0 Å². The van der Waals surface area contributed by atoms with Gasteiger partial charge in [0.2, 0.25) is 0 Å². The van der Waals surface area contributed by atoms with Gasteiger partial charge in [0.25, 0.3) is 11.2 Å². The average Bonchev–Trinajstić information content (AvgIpc) is 3.22. The first kappa shape index (κ1) is 23.4. The third-order valence-electron chi connectivity index (χ3n) is 5.34. The minimum Gasteiger partial charge on any atom is -0.406 e. The molecule has 12 heteroatoms. The Hall–Kier alpha value is -4.32. The molecule has 0 fully saturated rings. The Morgan fingerprint density at radius 3 is 2.39 bits per heavy atom. The van der Waals surface area contributed by atoms with Crippen molar-refractivity contribution >= 4 is 39.4 Å². The summed E-state index contributed by atoms with van der Waals surface area (Å²) in [5.74, 6) is -0.0767. The number of nitro benzene ring substituents is 1. The van der Waals surface area contributed by atoms with Crippen LogP contribution in [0.1, 0.15) is 5.56 Å². The van der Waals surface area contributed by atoms with Crippen LogP contribution in [-0.2, 0) is 5.75 Å². The second kappa shape index (κ2) is 9.04. The molecular formula is C24H15F3N4O4S. The minimum absolute atomic E-state index is 0.0415. The summed E-state index contributed by atoms with van der Waals surface area (Å²) in [5.41, 5.74) is 2.04. The summed E-state index contributed by atoms with van der Waals surface area (Å²) in [6.45, 7) is 0. The summed E-state index contributed by atoms with van der Waals surface area (Å²) >= 11 is 1.22. The average molecular weight is 512 g/mol. The van der Waals surface area contributed by atoms with Gasteiger partial charge >= 0.3 is 6.36 Å². The fourth-order valence-electron chi connectivity index (χ4n) is 3.73. The van der Waals surface area contributed by atoms with E-state index in [1.165, 1.54) is 40.6 Å². The van der Waals surface area contributed by atoms with Gasteiger partial charge in [-0.1, -0.05) is 42.1 Å². The Labute approximate surface area is 204 Å². The van der Waals surface area contributed by atoms with Crippen LogP contribution in [0.3, 0.4) is 0 Å². The zero-order valence-corrected chi connectivity index (χ0v) is 19.0. The Kier molecular flexibility index (Phi) is 5.88. The highest BCUT2D eigenvalue weighted by molar-refractivity contribution is 7.98. The van der Waals surface area contributed by atoms with E-state index in [0.717, 1.165) is 28.6 Å². The fourth-order valence-corrected chi connectivity index (χ4v) is 4.69. The highest BCUT2D eigenvalue weighted by Gasteiger charge is 2.31. The molecule has 0 spiro atoms. The number of nitrogens with one attached hydrogen (secondary N) is 1. The molecule has 0 bridgehead atoms. The van der Waals surface area contributed by atoms with Crippen LogP contribution in [-0.4, -0.2) is 25.8 Å². The monoisotopic (exact) mass is 512 g/mol. The number of rotatable bonds is 6. The maximum Gasteiger partial charge on any atom is 0.573 e. The molecule has 2 heterocycles. The van der Waals surface area contributed by atoms with Gasteiger partial charge in [-0.3, -0.25) is 19.5 Å². The topological polar surface area (TPSA) is 103 Å². The third-order valence-corrected chi connectivity index (χ3v) is 6.35. The van der Waals surface area contributed by atoms with Gasteiger partial charge in [-0.15, -0.1) is 13.2 Å². The Morgan fingerprint density at radius 1 is 1.03 bits per heavy atom. The second-order valence-corrected chi connectivity index (χ2v) is 8.63. The Morgan fingerprint density at radius 2 is 1.72 bits per heavy atom. The number of nitro groups is 1. The molecule has 0 aliphatic heterocycles. The van der Waals surface area contributed by atoms with Gasteiger partial charge in [0.1, 0.15) is 16.8 Å². The second-order valence-electron chi connectivity index (χ2n) is 7.68. The maximum absolute atomic E-state index is 13.6. The first-order valence-electron chi connectivity index (χ1n) is 10.5. The summed E-state index contributed by atoms with van der Waals surface area (Å²) in [5, 5.41) is 12.0. The zero-order chi connectivity index (χ0) is 25.4. The molecule has 0 unspecified atom stereocenters. The van der Waals surface area contributed by atoms with Gasteiger partial charge in [-0.05, 0) is 35.9 Å². The molecule has 8 nitrogen and oxygen atoms in total. The van der Waals surface area contributed by atoms with Gasteiger partial charge in [0.15, 0.2) is 5.16 Å². The summed E-state index contributed by atoms with van der Waals surface area (Å²) in [7, 11) is 0. The number of halogens is 3. The Balaban J connectivity index is 1.59. The van der Waals surface area contributed by atoms with Crippen LogP contribution in [0.25, 0.3) is 27.6 Å². The molecule has 36 heavy (non-hydrogen) atoms. The van der Waals surface area contributed by atoms with Crippen LogP contribution in [0, 0.1) is 10.1 Å². The molecular weight excluding hydrogens is 497 g/mol. The number of fused-ring (bicyclic) bond motifs is 3. The Bertz CT molecular complexity index is 1650. The molecule has 0 saturated heterocycles. The molecule has 0 aliphatic carbocycles. The molecule has 0 aliphatic rings. The van der Waals surface area contributed by atoms with Crippen molar-refractivity contribution in [2.75, 3.05) is 0 Å². The van der Waals surface area contributed by atoms with Gasteiger partial charge in [0, 0.05) is 28.8 Å². The lowest BCUT2D eigenvalue weighted by Crippen LogP contribution is -2.22. The number of ether oxygens (including phenoxy) is 1. The van der Waals surface area contributed by atoms with Gasteiger partial charge in [-0.2, -0.15) is 0 Å². The number of H-pyrrole nitrogens is 1. The van der Waals surface area contributed by atoms with Crippen LogP contribution >= 0.6 is 11.8 Å². The van der Waals surface area contributed by atoms with Gasteiger partial charge < -0.3 is 9.72 Å². The molecule has 5 rings (SSSR count). The van der Waals surface area contributed by atoms with E-state index >= 15 is 0 Å². The SMILES string of the molecule is O=c1c2[nH]c3ccccc3c2nc(SCc2ccc([N+](=O)[O-])cc2)n1-c1ccc(OC(F)(F)F)cc1. The van der Waals surface area contributed by atoms with Crippen molar-refractivity contribution in [2.24, 2.45) is 0 Å². The number of aromatic amines is 1. The largest absolute Gasteiger partial charge is 0.573 e. The van der Waals surface area contributed by atoms with E-state index < -0.39 is 22.6 Å². The molecule has 2 aromatic heterocycles. The molecule has 3 aromatic carbocycles. The van der Waals surface area contributed by atoms with Crippen molar-refractivity contribution in [1.82, 2.24) is 14.5 Å². The predicted octanol–water partition coefficient (Wildman–Crippen LogP) is 5.97. The molecule has 5 aromatic rings. The first-order chi connectivity index (χ1) is 17.2. The van der Waals surface area contributed by atoms with Crippen molar-refractivity contribution in [1.29, 1.82) is 0 Å². The number of non-ortho nitro benzene ring substituents is 1. The van der Waals surface area contributed by atoms with E-state index in [9.17, 15) is 28.1 Å². The van der Waals surface area contributed by atoms with Crippen molar-refractivity contribution in [2.45, 2.75) is 17.3 Å². The molecule has 0 radical (unpaired) electrons. The predicted molar refractivity (Wildman–Crippen MR) is 129 cm³/mol. The zero-order valence-electron chi connectivity index (χ0n) is 18.2. The smallest absolute Gasteiger partial charge is 0.406 e. The van der Waals surface area contributed by atoms with E-state index in [0.29, 0.717) is 22.1 Å². The number of benzene rings is 3. The lowest BCUT2D eigenvalue weighted by atomic mass is 10.2. The quantitative estimate of drug-likeness (QED) is 0.130. The number of hydrogen-bond donors (Lipinski definition) is 1. The number of hydrogen-bond acceptors (Lipinski definition) is 6. The molecule has 0 atom stereocenters. The number of alkyl halides is 3. The normalized spacial score (nSPS) is 11.8. The summed E-state index contributed by atoms with van der Waals surface area (Å²) < 4.78 is 42.9. The van der Waals surface area contributed by atoms with Crippen LogP contribution in [0.15, 0.2) is 82.7 Å². The highest BCUT2D eigenvalue weighted by atomic mass is 32.2. The lowest BCUT2D eigenvalue weighted by Gasteiger charge is -2.13. The van der Waals surface area contributed by atoms with Crippen molar-refractivity contribution in [3.63, 3.8) is 0 Å². The molecule has 0 amide bonds. The van der Waals surface area contributed by atoms with Gasteiger partial charge in [-0.25, -0.2) is 4.98 Å². The minimum atomic E-state index is -4.84.